The predicted molar refractivity (Wildman–Crippen MR) is 71.0 cm³/mol. The van der Waals surface area contributed by atoms with Crippen LogP contribution in [-0.4, -0.2) is 18.7 Å². The largest absolute Gasteiger partial charge is 0.466 e. The molecule has 0 aromatic carbocycles. The third-order valence-corrected chi connectivity index (χ3v) is 4.64. The van der Waals surface area contributed by atoms with Crippen molar-refractivity contribution in [2.24, 2.45) is 11.8 Å². The Kier molecular flexibility index (Phi) is 3.78. The second-order valence-corrected chi connectivity index (χ2v) is 5.87. The molecule has 0 bridgehead atoms. The average Bonchev–Trinajstić information content (AvgIpc) is 2.99. The average molecular weight is 265 g/mol. The highest BCUT2D eigenvalue weighted by Gasteiger charge is 2.42. The molecule has 0 aromatic rings. The summed E-state index contributed by atoms with van der Waals surface area (Å²) in [6.07, 6.45) is 8.20. The van der Waals surface area contributed by atoms with E-state index in [0.717, 1.165) is 12.8 Å². The number of hydrogen-bond donors (Lipinski definition) is 1. The van der Waals surface area contributed by atoms with Gasteiger partial charge in [-0.3, -0.25) is 15.1 Å². The van der Waals surface area contributed by atoms with Gasteiger partial charge >= 0.3 is 5.97 Å². The summed E-state index contributed by atoms with van der Waals surface area (Å²) in [6, 6.07) is 0. The van der Waals surface area contributed by atoms with Crippen molar-refractivity contribution in [1.29, 1.82) is 0 Å². The van der Waals surface area contributed by atoms with Crippen molar-refractivity contribution in [3.05, 3.63) is 11.3 Å². The van der Waals surface area contributed by atoms with Crippen LogP contribution in [0.15, 0.2) is 11.3 Å². The Bertz CT molecular complexity index is 385. The van der Waals surface area contributed by atoms with Crippen LogP contribution in [0.1, 0.15) is 51.9 Å². The maximum absolute atomic E-state index is 11.8. The summed E-state index contributed by atoms with van der Waals surface area (Å²) in [7, 11) is 0. The number of ether oxygens (including phenoxy) is 1. The number of carbonyl (C=O) groups is 1. The predicted octanol–water partition coefficient (Wildman–Crippen LogP) is 2.70. The number of rotatable bonds is 3. The molecule has 2 atom stereocenters. The normalized spacial score (nSPS) is 31.2. The summed E-state index contributed by atoms with van der Waals surface area (Å²) in [5.41, 5.74) is 5.77. The quantitative estimate of drug-likeness (QED) is 0.797. The summed E-state index contributed by atoms with van der Waals surface area (Å²) >= 11 is 0. The van der Waals surface area contributed by atoms with Crippen LogP contribution >= 0.6 is 0 Å². The smallest absolute Gasteiger partial charge is 0.309 e. The van der Waals surface area contributed by atoms with Gasteiger partial charge in [0, 0.05) is 11.6 Å². The summed E-state index contributed by atoms with van der Waals surface area (Å²) in [6.45, 7) is 2.33. The van der Waals surface area contributed by atoms with Crippen molar-refractivity contribution in [3.8, 4) is 0 Å². The number of esters is 1. The molecular weight excluding hydrogens is 242 g/mol. The van der Waals surface area contributed by atoms with Crippen molar-refractivity contribution in [2.45, 2.75) is 58.0 Å². The fourth-order valence-corrected chi connectivity index (χ4v) is 3.66. The van der Waals surface area contributed by atoms with E-state index in [1.165, 1.54) is 43.4 Å². The molecule has 1 heterocycles. The number of allylic oxidation sites excluding steroid dienone is 1. The first-order valence-electron chi connectivity index (χ1n) is 7.60. The van der Waals surface area contributed by atoms with Crippen molar-refractivity contribution >= 4 is 5.97 Å². The zero-order chi connectivity index (χ0) is 13.2. The SMILES string of the molecule is CCOC(=O)C1CC2=C(C3CCCCC3)NOC2C1. The van der Waals surface area contributed by atoms with E-state index in [1.54, 1.807) is 0 Å². The van der Waals surface area contributed by atoms with Crippen LogP contribution in [0.2, 0.25) is 0 Å². The standard InChI is InChI=1S/C15H23NO3/c1-2-18-15(17)11-8-12-13(9-11)19-16-14(12)10-6-4-3-5-7-10/h10-11,13,16H,2-9H2,1H3. The molecule has 4 nitrogen and oxygen atoms in total. The lowest BCUT2D eigenvalue weighted by molar-refractivity contribution is -0.148. The van der Waals surface area contributed by atoms with Crippen LogP contribution < -0.4 is 5.48 Å². The Morgan fingerprint density at radius 3 is 2.89 bits per heavy atom. The van der Waals surface area contributed by atoms with Gasteiger partial charge in [-0.15, -0.1) is 0 Å². The summed E-state index contributed by atoms with van der Waals surface area (Å²) in [5.74, 6) is 0.561. The van der Waals surface area contributed by atoms with Crippen molar-refractivity contribution < 1.29 is 14.4 Å². The zero-order valence-corrected chi connectivity index (χ0v) is 11.6. The van der Waals surface area contributed by atoms with E-state index < -0.39 is 0 Å². The molecule has 1 aliphatic heterocycles. The number of hydroxylamine groups is 1. The van der Waals surface area contributed by atoms with E-state index in [2.05, 4.69) is 5.48 Å². The molecule has 2 fully saturated rings. The van der Waals surface area contributed by atoms with E-state index in [4.69, 9.17) is 9.57 Å². The van der Waals surface area contributed by atoms with Gasteiger partial charge in [-0.1, -0.05) is 19.3 Å². The third kappa shape index (κ3) is 2.50. The molecule has 0 amide bonds. The van der Waals surface area contributed by atoms with Gasteiger partial charge in [-0.05, 0) is 38.2 Å². The molecule has 0 aromatic heterocycles. The van der Waals surface area contributed by atoms with Gasteiger partial charge in [0.1, 0.15) is 6.10 Å². The highest BCUT2D eigenvalue weighted by atomic mass is 16.7. The molecule has 0 spiro atoms. The van der Waals surface area contributed by atoms with Crippen LogP contribution in [0.4, 0.5) is 0 Å². The van der Waals surface area contributed by atoms with E-state index in [0.29, 0.717) is 12.5 Å². The Hall–Kier alpha value is -1.03. The van der Waals surface area contributed by atoms with Gasteiger partial charge < -0.3 is 4.74 Å². The first-order valence-corrected chi connectivity index (χ1v) is 7.60. The van der Waals surface area contributed by atoms with Crippen molar-refractivity contribution in [3.63, 3.8) is 0 Å². The Balaban J connectivity index is 1.70. The van der Waals surface area contributed by atoms with Crippen molar-refractivity contribution in [1.82, 2.24) is 5.48 Å². The molecule has 0 radical (unpaired) electrons. The first-order chi connectivity index (χ1) is 9.29. The van der Waals surface area contributed by atoms with Gasteiger partial charge in [-0.25, -0.2) is 0 Å². The minimum absolute atomic E-state index is 0.000593. The number of nitrogens with one attached hydrogen (secondary N) is 1. The second kappa shape index (κ2) is 5.53. The molecule has 3 rings (SSSR count). The topological polar surface area (TPSA) is 47.6 Å². The molecule has 2 unspecified atom stereocenters. The lowest BCUT2D eigenvalue weighted by atomic mass is 9.85. The van der Waals surface area contributed by atoms with Crippen LogP contribution in [0.25, 0.3) is 0 Å². The Morgan fingerprint density at radius 1 is 1.37 bits per heavy atom. The van der Waals surface area contributed by atoms with Gasteiger partial charge in [-0.2, -0.15) is 0 Å². The monoisotopic (exact) mass is 265 g/mol. The maximum atomic E-state index is 11.8. The van der Waals surface area contributed by atoms with Crippen molar-refractivity contribution in [2.75, 3.05) is 6.61 Å². The molecular formula is C15H23NO3. The lowest BCUT2D eigenvalue weighted by Gasteiger charge is -2.23. The second-order valence-electron chi connectivity index (χ2n) is 5.87. The lowest BCUT2D eigenvalue weighted by Crippen LogP contribution is -2.22. The van der Waals surface area contributed by atoms with Gasteiger partial charge in [0.05, 0.1) is 12.5 Å². The highest BCUT2D eigenvalue weighted by molar-refractivity contribution is 5.74. The highest BCUT2D eigenvalue weighted by Crippen LogP contribution is 2.42. The molecule has 2 saturated carbocycles. The summed E-state index contributed by atoms with van der Waals surface area (Å²) in [5, 5.41) is 0. The first kappa shape index (κ1) is 13.0. The molecule has 3 aliphatic rings. The minimum atomic E-state index is -0.0593. The zero-order valence-electron chi connectivity index (χ0n) is 11.6. The maximum Gasteiger partial charge on any atom is 0.309 e. The fourth-order valence-electron chi connectivity index (χ4n) is 3.66. The summed E-state index contributed by atoms with van der Waals surface area (Å²) in [4.78, 5) is 17.5. The Labute approximate surface area is 114 Å². The number of fused-ring (bicyclic) bond motifs is 1. The van der Waals surface area contributed by atoms with Crippen LogP contribution in [0.3, 0.4) is 0 Å². The van der Waals surface area contributed by atoms with Gasteiger partial charge in [0.15, 0.2) is 0 Å². The molecule has 4 heteroatoms. The molecule has 106 valence electrons. The fraction of sp³-hybridized carbons (Fsp3) is 0.800. The van der Waals surface area contributed by atoms with Gasteiger partial charge in [0.25, 0.3) is 0 Å². The third-order valence-electron chi connectivity index (χ3n) is 4.64. The van der Waals surface area contributed by atoms with Crippen LogP contribution in [0.5, 0.6) is 0 Å². The van der Waals surface area contributed by atoms with E-state index in [9.17, 15) is 4.79 Å². The molecule has 1 N–H and O–H groups in total. The number of hydrogen-bond acceptors (Lipinski definition) is 4. The van der Waals surface area contributed by atoms with Crippen LogP contribution in [-0.2, 0) is 14.4 Å². The van der Waals surface area contributed by atoms with Crippen LogP contribution in [0, 0.1) is 11.8 Å². The molecule has 19 heavy (non-hydrogen) atoms. The Morgan fingerprint density at radius 2 is 2.16 bits per heavy atom. The van der Waals surface area contributed by atoms with E-state index >= 15 is 0 Å². The molecule has 2 aliphatic carbocycles. The molecule has 0 saturated heterocycles. The number of carbonyl (C=O) groups excluding carboxylic acids is 1. The van der Waals surface area contributed by atoms with E-state index in [-0.39, 0.29) is 18.0 Å². The van der Waals surface area contributed by atoms with Gasteiger partial charge in [0.2, 0.25) is 0 Å². The van der Waals surface area contributed by atoms with E-state index in [1.807, 2.05) is 6.92 Å². The summed E-state index contributed by atoms with van der Waals surface area (Å²) < 4.78 is 5.13. The minimum Gasteiger partial charge on any atom is -0.466 e.